The Labute approximate surface area is 123 Å². The third-order valence-electron chi connectivity index (χ3n) is 3.43. The summed E-state index contributed by atoms with van der Waals surface area (Å²) in [6.45, 7) is 5.79. The zero-order valence-electron chi connectivity index (χ0n) is 11.5. The van der Waals surface area contributed by atoms with Gasteiger partial charge >= 0.3 is 0 Å². The second kappa shape index (κ2) is 5.48. The molecule has 0 bridgehead atoms. The van der Waals surface area contributed by atoms with E-state index in [4.69, 9.17) is 0 Å². The smallest absolute Gasteiger partial charge is 0.0361 e. The van der Waals surface area contributed by atoms with Crippen LogP contribution < -0.4 is 0 Å². The zero-order chi connectivity index (χ0) is 13.9. The Morgan fingerprint density at radius 3 is 2.65 bits per heavy atom. The number of hydrogen-bond acceptors (Lipinski definition) is 1. The summed E-state index contributed by atoms with van der Waals surface area (Å²) in [6.07, 6.45) is 8.02. The molecule has 0 amide bonds. The van der Waals surface area contributed by atoms with E-state index in [-0.39, 0.29) is 0 Å². The molecule has 1 aromatic heterocycles. The van der Waals surface area contributed by atoms with Crippen LogP contribution in [0.15, 0.2) is 73.3 Å². The molecular formula is C19H16S. The maximum atomic E-state index is 3.73. The number of benzene rings is 2. The monoisotopic (exact) mass is 276 g/mol. The average Bonchev–Trinajstić information content (AvgIpc) is 2.86. The molecule has 0 unspecified atom stereocenters. The van der Waals surface area contributed by atoms with E-state index in [2.05, 4.69) is 68.1 Å². The van der Waals surface area contributed by atoms with Crippen molar-refractivity contribution in [3.8, 4) is 0 Å². The summed E-state index contributed by atoms with van der Waals surface area (Å²) in [5, 5.41) is 2.69. The molecule has 2 aromatic carbocycles. The van der Waals surface area contributed by atoms with Crippen molar-refractivity contribution < 1.29 is 0 Å². The molecular weight excluding hydrogens is 260 g/mol. The van der Waals surface area contributed by atoms with Gasteiger partial charge in [0.1, 0.15) is 0 Å². The maximum Gasteiger partial charge on any atom is 0.0361 e. The maximum absolute atomic E-state index is 3.73. The zero-order valence-corrected chi connectivity index (χ0v) is 12.3. The highest BCUT2D eigenvalue weighted by Gasteiger charge is 2.06. The van der Waals surface area contributed by atoms with Crippen molar-refractivity contribution in [3.05, 3.63) is 78.9 Å². The van der Waals surface area contributed by atoms with Crippen molar-refractivity contribution in [2.24, 2.45) is 0 Å². The van der Waals surface area contributed by atoms with Crippen LogP contribution >= 0.6 is 11.3 Å². The van der Waals surface area contributed by atoms with Gasteiger partial charge in [0.2, 0.25) is 0 Å². The first kappa shape index (κ1) is 12.9. The van der Waals surface area contributed by atoms with Crippen molar-refractivity contribution in [1.29, 1.82) is 0 Å². The van der Waals surface area contributed by atoms with Gasteiger partial charge in [0.05, 0.1) is 0 Å². The van der Waals surface area contributed by atoms with Gasteiger partial charge in [0.25, 0.3) is 0 Å². The van der Waals surface area contributed by atoms with E-state index in [1.165, 1.54) is 31.3 Å². The lowest BCUT2D eigenvalue weighted by molar-refractivity contribution is 1.65. The Kier molecular flexibility index (Phi) is 3.53. The molecule has 0 nitrogen and oxygen atoms in total. The minimum absolute atomic E-state index is 1.23. The summed E-state index contributed by atoms with van der Waals surface area (Å²) >= 11 is 1.86. The molecule has 1 heterocycles. The van der Waals surface area contributed by atoms with Crippen LogP contribution in [0.3, 0.4) is 0 Å². The fraction of sp³-hybridized carbons (Fsp3) is 0.0526. The molecule has 0 saturated carbocycles. The number of allylic oxidation sites excluding steroid dienone is 5. The molecule has 0 spiro atoms. The predicted molar refractivity (Wildman–Crippen MR) is 92.3 cm³/mol. The third-order valence-corrected chi connectivity index (χ3v) is 4.57. The summed E-state index contributed by atoms with van der Waals surface area (Å²) in [5.74, 6) is 0. The van der Waals surface area contributed by atoms with Crippen LogP contribution in [-0.2, 0) is 0 Å². The lowest BCUT2D eigenvalue weighted by Crippen LogP contribution is -1.79. The average molecular weight is 276 g/mol. The van der Waals surface area contributed by atoms with Gasteiger partial charge in [-0.15, -0.1) is 11.3 Å². The fourth-order valence-electron chi connectivity index (χ4n) is 2.44. The molecule has 0 saturated heterocycles. The largest absolute Gasteiger partial charge is 0.135 e. The van der Waals surface area contributed by atoms with Gasteiger partial charge < -0.3 is 0 Å². The molecule has 0 fully saturated rings. The van der Waals surface area contributed by atoms with Gasteiger partial charge in [-0.05, 0) is 30.2 Å². The molecule has 3 aromatic rings. The minimum Gasteiger partial charge on any atom is -0.135 e. The number of thiophene rings is 1. The van der Waals surface area contributed by atoms with E-state index in [1.807, 2.05) is 23.5 Å². The van der Waals surface area contributed by atoms with Gasteiger partial charge in [-0.1, -0.05) is 61.2 Å². The minimum atomic E-state index is 1.23. The Hall–Kier alpha value is -2.12. The van der Waals surface area contributed by atoms with Gasteiger partial charge in [-0.25, -0.2) is 0 Å². The molecule has 0 atom stereocenters. The van der Waals surface area contributed by atoms with Gasteiger partial charge in [-0.2, -0.15) is 0 Å². The number of fused-ring (bicyclic) bond motifs is 3. The fourth-order valence-corrected chi connectivity index (χ4v) is 3.58. The van der Waals surface area contributed by atoms with Crippen molar-refractivity contribution in [2.45, 2.75) is 6.92 Å². The quantitative estimate of drug-likeness (QED) is 0.499. The summed E-state index contributed by atoms with van der Waals surface area (Å²) in [5.41, 5.74) is 2.48. The molecule has 0 radical (unpaired) electrons. The second-order valence-electron chi connectivity index (χ2n) is 4.65. The topological polar surface area (TPSA) is 0 Å². The van der Waals surface area contributed by atoms with Crippen LogP contribution in [0.25, 0.3) is 25.7 Å². The number of rotatable bonds is 3. The molecule has 1 heteroatoms. The van der Waals surface area contributed by atoms with E-state index in [0.29, 0.717) is 0 Å². The van der Waals surface area contributed by atoms with Crippen LogP contribution in [0.5, 0.6) is 0 Å². The van der Waals surface area contributed by atoms with E-state index in [0.717, 1.165) is 0 Å². The summed E-state index contributed by atoms with van der Waals surface area (Å²) in [7, 11) is 0. The van der Waals surface area contributed by atoms with Gasteiger partial charge in [0, 0.05) is 20.2 Å². The highest BCUT2D eigenvalue weighted by atomic mass is 32.1. The van der Waals surface area contributed by atoms with Crippen LogP contribution in [-0.4, -0.2) is 0 Å². The van der Waals surface area contributed by atoms with Crippen LogP contribution in [0.2, 0.25) is 0 Å². The van der Waals surface area contributed by atoms with Crippen LogP contribution in [0, 0.1) is 0 Å². The molecule has 20 heavy (non-hydrogen) atoms. The van der Waals surface area contributed by atoms with Gasteiger partial charge in [0.15, 0.2) is 0 Å². The molecule has 98 valence electrons. The van der Waals surface area contributed by atoms with Crippen LogP contribution in [0.1, 0.15) is 12.5 Å². The lowest BCUT2D eigenvalue weighted by Gasteiger charge is -2.02. The van der Waals surface area contributed by atoms with E-state index < -0.39 is 0 Å². The SMILES string of the molecule is C=C/C=C\C(=C/C)c1ccc2c(c1)sc1ccccc12. The van der Waals surface area contributed by atoms with Crippen molar-refractivity contribution in [1.82, 2.24) is 0 Å². The van der Waals surface area contributed by atoms with Crippen molar-refractivity contribution >= 4 is 37.1 Å². The lowest BCUT2D eigenvalue weighted by atomic mass is 10.0. The first-order chi connectivity index (χ1) is 9.83. The standard InChI is InChI=1S/C19H16S/c1-3-5-8-14(4-2)15-11-12-17-16-9-6-7-10-18(16)20-19(17)13-15/h3-13H,1H2,2H3/b8-5-,14-4+. The highest BCUT2D eigenvalue weighted by Crippen LogP contribution is 2.35. The van der Waals surface area contributed by atoms with E-state index in [9.17, 15) is 0 Å². The Morgan fingerprint density at radius 1 is 1.05 bits per heavy atom. The Morgan fingerprint density at radius 2 is 1.85 bits per heavy atom. The Bertz CT molecular complexity index is 831. The molecule has 3 rings (SSSR count). The van der Waals surface area contributed by atoms with E-state index in [1.54, 1.807) is 0 Å². The van der Waals surface area contributed by atoms with Gasteiger partial charge in [-0.3, -0.25) is 0 Å². The summed E-state index contributed by atoms with van der Waals surface area (Å²) < 4.78 is 2.69. The van der Waals surface area contributed by atoms with Crippen molar-refractivity contribution in [3.63, 3.8) is 0 Å². The number of hydrogen-bond donors (Lipinski definition) is 0. The normalized spacial score (nSPS) is 12.6. The van der Waals surface area contributed by atoms with Crippen LogP contribution in [0.4, 0.5) is 0 Å². The summed E-state index contributed by atoms with van der Waals surface area (Å²) in [6, 6.07) is 15.3. The molecule has 0 aliphatic heterocycles. The second-order valence-corrected chi connectivity index (χ2v) is 5.73. The molecule has 0 aliphatic rings. The summed E-state index contributed by atoms with van der Waals surface area (Å²) in [4.78, 5) is 0. The predicted octanol–water partition coefficient (Wildman–Crippen LogP) is 6.20. The molecule has 0 aliphatic carbocycles. The highest BCUT2D eigenvalue weighted by molar-refractivity contribution is 7.25. The van der Waals surface area contributed by atoms with Crippen molar-refractivity contribution in [2.75, 3.05) is 0 Å². The first-order valence-electron chi connectivity index (χ1n) is 6.70. The third kappa shape index (κ3) is 2.21. The van der Waals surface area contributed by atoms with E-state index >= 15 is 0 Å². The first-order valence-corrected chi connectivity index (χ1v) is 7.52. The Balaban J connectivity index is 2.17. The molecule has 0 N–H and O–H groups in total.